The minimum atomic E-state index is -3.86. The van der Waals surface area contributed by atoms with Crippen LogP contribution in [0.15, 0.2) is 77.7 Å². The number of hydrogen-bond donors (Lipinski definition) is 2. The number of halogens is 1. The summed E-state index contributed by atoms with van der Waals surface area (Å²) in [7, 11) is -0.881. The lowest BCUT2D eigenvalue weighted by atomic mass is 10.1. The molecular weight excluding hydrogens is 450 g/mol. The average molecular weight is 472 g/mol. The fourth-order valence-electron chi connectivity index (χ4n) is 3.03. The van der Waals surface area contributed by atoms with Gasteiger partial charge in [-0.3, -0.25) is 9.59 Å². The molecule has 0 radical (unpaired) electrons. The Kier molecular flexibility index (Phi) is 7.29. The molecule has 3 rings (SSSR count). The van der Waals surface area contributed by atoms with E-state index >= 15 is 0 Å². The summed E-state index contributed by atoms with van der Waals surface area (Å²) in [6, 6.07) is 19.5. The number of benzene rings is 3. The maximum atomic E-state index is 13.0. The van der Waals surface area contributed by atoms with E-state index in [2.05, 4.69) is 10.6 Å². The summed E-state index contributed by atoms with van der Waals surface area (Å²) in [4.78, 5) is 24.6. The van der Waals surface area contributed by atoms with Gasteiger partial charge in [0.2, 0.25) is 10.0 Å². The van der Waals surface area contributed by atoms with Gasteiger partial charge in [-0.05, 0) is 42.0 Å². The number of rotatable bonds is 7. The van der Waals surface area contributed by atoms with Gasteiger partial charge in [0.1, 0.15) is 0 Å². The normalized spacial score (nSPS) is 11.2. The first-order valence-electron chi connectivity index (χ1n) is 9.65. The van der Waals surface area contributed by atoms with Crippen molar-refractivity contribution in [1.82, 2.24) is 9.62 Å². The van der Waals surface area contributed by atoms with Crippen molar-refractivity contribution in [3.63, 3.8) is 0 Å². The number of amides is 2. The molecule has 0 atom stereocenters. The molecule has 2 N–H and O–H groups in total. The van der Waals surface area contributed by atoms with Crippen LogP contribution in [0.2, 0.25) is 5.02 Å². The average Bonchev–Trinajstić information content (AvgIpc) is 2.79. The van der Waals surface area contributed by atoms with Crippen LogP contribution in [0.3, 0.4) is 0 Å². The van der Waals surface area contributed by atoms with Crippen molar-refractivity contribution >= 4 is 39.1 Å². The first kappa shape index (κ1) is 23.5. The van der Waals surface area contributed by atoms with Crippen LogP contribution >= 0.6 is 11.6 Å². The first-order valence-corrected chi connectivity index (χ1v) is 11.5. The fourth-order valence-corrected chi connectivity index (χ4v) is 4.41. The molecule has 3 aromatic carbocycles. The zero-order valence-corrected chi connectivity index (χ0v) is 19.1. The Labute approximate surface area is 192 Å². The molecule has 0 heterocycles. The van der Waals surface area contributed by atoms with E-state index in [0.717, 1.165) is 5.56 Å². The third-order valence-electron chi connectivity index (χ3n) is 4.75. The van der Waals surface area contributed by atoms with E-state index in [1.54, 1.807) is 18.2 Å². The lowest BCUT2D eigenvalue weighted by Crippen LogP contribution is -2.27. The SMILES string of the molecule is CNC(=O)c1cccc(NC(=O)c2cc(S(=O)(=O)N(C)Cc3ccccc3)ccc2Cl)c1. The summed E-state index contributed by atoms with van der Waals surface area (Å²) in [5.74, 6) is -0.888. The molecule has 0 unspecified atom stereocenters. The van der Waals surface area contributed by atoms with Gasteiger partial charge in [-0.15, -0.1) is 0 Å². The molecule has 0 bridgehead atoms. The highest BCUT2D eigenvalue weighted by molar-refractivity contribution is 7.89. The van der Waals surface area contributed by atoms with Crippen LogP contribution in [0.1, 0.15) is 26.3 Å². The van der Waals surface area contributed by atoms with Gasteiger partial charge in [-0.1, -0.05) is 48.0 Å². The van der Waals surface area contributed by atoms with E-state index in [-0.39, 0.29) is 27.9 Å². The maximum Gasteiger partial charge on any atom is 0.257 e. The van der Waals surface area contributed by atoms with Crippen LogP contribution in [0.5, 0.6) is 0 Å². The van der Waals surface area contributed by atoms with E-state index in [1.165, 1.54) is 42.7 Å². The van der Waals surface area contributed by atoms with Crippen LogP contribution in [0.4, 0.5) is 5.69 Å². The fraction of sp³-hybridized carbons (Fsp3) is 0.130. The second-order valence-corrected chi connectivity index (χ2v) is 9.45. The van der Waals surface area contributed by atoms with Crippen LogP contribution in [0, 0.1) is 0 Å². The van der Waals surface area contributed by atoms with Gasteiger partial charge in [-0.2, -0.15) is 4.31 Å². The van der Waals surface area contributed by atoms with Crippen LogP contribution < -0.4 is 10.6 Å². The highest BCUT2D eigenvalue weighted by Crippen LogP contribution is 2.24. The van der Waals surface area contributed by atoms with E-state index < -0.39 is 15.9 Å². The summed E-state index contributed by atoms with van der Waals surface area (Å²) in [6.45, 7) is 0.180. The van der Waals surface area contributed by atoms with Gasteiger partial charge in [-0.25, -0.2) is 8.42 Å². The van der Waals surface area contributed by atoms with E-state index in [1.807, 2.05) is 30.3 Å². The van der Waals surface area contributed by atoms with Crippen LogP contribution in [-0.2, 0) is 16.6 Å². The zero-order chi connectivity index (χ0) is 23.3. The first-order chi connectivity index (χ1) is 15.2. The van der Waals surface area contributed by atoms with E-state index in [9.17, 15) is 18.0 Å². The van der Waals surface area contributed by atoms with Crippen molar-refractivity contribution in [2.75, 3.05) is 19.4 Å². The molecule has 7 nitrogen and oxygen atoms in total. The lowest BCUT2D eigenvalue weighted by molar-refractivity contribution is 0.0961. The Bertz CT molecular complexity index is 1250. The number of carbonyl (C=O) groups excluding carboxylic acids is 2. The molecule has 0 saturated carbocycles. The molecule has 166 valence electrons. The second-order valence-electron chi connectivity index (χ2n) is 7.00. The van der Waals surface area contributed by atoms with Crippen molar-refractivity contribution in [3.8, 4) is 0 Å². The summed E-state index contributed by atoms with van der Waals surface area (Å²) in [6.07, 6.45) is 0. The molecule has 2 amide bonds. The highest BCUT2D eigenvalue weighted by Gasteiger charge is 2.23. The van der Waals surface area contributed by atoms with Crippen molar-refractivity contribution in [2.45, 2.75) is 11.4 Å². The molecule has 0 spiro atoms. The zero-order valence-electron chi connectivity index (χ0n) is 17.5. The van der Waals surface area contributed by atoms with Crippen LogP contribution in [-0.4, -0.2) is 38.6 Å². The topological polar surface area (TPSA) is 95.6 Å². The third kappa shape index (κ3) is 5.34. The molecule has 0 aliphatic rings. The quantitative estimate of drug-likeness (QED) is 0.548. The van der Waals surface area contributed by atoms with Gasteiger partial charge < -0.3 is 10.6 Å². The summed E-state index contributed by atoms with van der Waals surface area (Å²) >= 11 is 6.19. The number of nitrogens with zero attached hydrogens (tertiary/aromatic N) is 1. The number of carbonyl (C=O) groups is 2. The molecule has 3 aromatic rings. The standard InChI is InChI=1S/C23H22ClN3O4S/c1-25-22(28)17-9-6-10-18(13-17)26-23(29)20-14-19(11-12-21(20)24)32(30,31)27(2)15-16-7-4-3-5-8-16/h3-14H,15H2,1-2H3,(H,25,28)(H,26,29). The predicted octanol–water partition coefficient (Wildman–Crippen LogP) is 3.77. The Morgan fingerprint density at radius 1 is 0.938 bits per heavy atom. The Hall–Kier alpha value is -3.20. The van der Waals surface area contributed by atoms with Crippen molar-refractivity contribution in [1.29, 1.82) is 0 Å². The number of sulfonamides is 1. The number of nitrogens with one attached hydrogen (secondary N) is 2. The lowest BCUT2D eigenvalue weighted by Gasteiger charge is -2.18. The Morgan fingerprint density at radius 2 is 1.66 bits per heavy atom. The van der Waals surface area contributed by atoms with Crippen LogP contribution in [0.25, 0.3) is 0 Å². The molecule has 0 saturated heterocycles. The minimum absolute atomic E-state index is 0.00574. The highest BCUT2D eigenvalue weighted by atomic mass is 35.5. The molecule has 0 aliphatic heterocycles. The summed E-state index contributed by atoms with van der Waals surface area (Å²) in [5.41, 5.74) is 1.59. The molecular formula is C23H22ClN3O4S. The molecule has 0 fully saturated rings. The molecule has 0 aliphatic carbocycles. The number of hydrogen-bond acceptors (Lipinski definition) is 4. The van der Waals surface area contributed by atoms with Gasteiger partial charge in [0.05, 0.1) is 15.5 Å². The Balaban J connectivity index is 1.85. The number of anilines is 1. The van der Waals surface area contributed by atoms with Gasteiger partial charge in [0.25, 0.3) is 11.8 Å². The predicted molar refractivity (Wildman–Crippen MR) is 124 cm³/mol. The van der Waals surface area contributed by atoms with Crippen molar-refractivity contribution in [2.24, 2.45) is 0 Å². The molecule has 32 heavy (non-hydrogen) atoms. The summed E-state index contributed by atoms with van der Waals surface area (Å²) in [5, 5.41) is 5.27. The van der Waals surface area contributed by atoms with E-state index in [4.69, 9.17) is 11.6 Å². The molecule has 9 heteroatoms. The van der Waals surface area contributed by atoms with Gasteiger partial charge in [0, 0.05) is 31.9 Å². The molecule has 0 aromatic heterocycles. The van der Waals surface area contributed by atoms with Gasteiger partial charge >= 0.3 is 0 Å². The second kappa shape index (κ2) is 9.95. The smallest absolute Gasteiger partial charge is 0.257 e. The monoisotopic (exact) mass is 471 g/mol. The largest absolute Gasteiger partial charge is 0.355 e. The summed E-state index contributed by atoms with van der Waals surface area (Å²) < 4.78 is 27.3. The maximum absolute atomic E-state index is 13.0. The Morgan fingerprint density at radius 3 is 2.34 bits per heavy atom. The van der Waals surface area contributed by atoms with Gasteiger partial charge in [0.15, 0.2) is 0 Å². The van der Waals surface area contributed by atoms with Crippen molar-refractivity contribution < 1.29 is 18.0 Å². The minimum Gasteiger partial charge on any atom is -0.355 e. The van der Waals surface area contributed by atoms with E-state index in [0.29, 0.717) is 11.3 Å². The third-order valence-corrected chi connectivity index (χ3v) is 6.88. The van der Waals surface area contributed by atoms with Crippen molar-refractivity contribution in [3.05, 3.63) is 94.5 Å².